The van der Waals surface area contributed by atoms with Crippen molar-refractivity contribution >= 4 is 0 Å². The standard InChI is InChI=1S/C18H28N2/c1-13(2)14-7-5-10-20(11-9-14)17-12-15-6-3-4-8-16(15)18(17)19/h3-4,6,8,13-14,17-18H,5,7,9-12,19H2,1-2H3. The van der Waals surface area contributed by atoms with Gasteiger partial charge in [-0.3, -0.25) is 4.90 Å². The predicted molar refractivity (Wildman–Crippen MR) is 84.6 cm³/mol. The molecule has 2 N–H and O–H groups in total. The van der Waals surface area contributed by atoms with Crippen LogP contribution in [0.1, 0.15) is 50.3 Å². The SMILES string of the molecule is CC(C)C1CCCN(C2Cc3ccccc3C2N)CC1. The Morgan fingerprint density at radius 2 is 1.95 bits per heavy atom. The molecule has 1 aliphatic carbocycles. The third-order valence-corrected chi connectivity index (χ3v) is 5.48. The van der Waals surface area contributed by atoms with Crippen LogP contribution in [0.15, 0.2) is 24.3 Å². The lowest BCUT2D eigenvalue weighted by Gasteiger charge is -2.30. The van der Waals surface area contributed by atoms with Crippen molar-refractivity contribution in [3.63, 3.8) is 0 Å². The molecule has 1 aromatic carbocycles. The summed E-state index contributed by atoms with van der Waals surface area (Å²) in [5.41, 5.74) is 9.37. The lowest BCUT2D eigenvalue weighted by atomic mass is 9.89. The second-order valence-corrected chi connectivity index (χ2v) is 6.97. The summed E-state index contributed by atoms with van der Waals surface area (Å²) >= 11 is 0. The van der Waals surface area contributed by atoms with Crippen LogP contribution >= 0.6 is 0 Å². The smallest absolute Gasteiger partial charge is 0.0459 e. The minimum atomic E-state index is 0.210. The van der Waals surface area contributed by atoms with Crippen molar-refractivity contribution < 1.29 is 0 Å². The summed E-state index contributed by atoms with van der Waals surface area (Å²) in [7, 11) is 0. The lowest BCUT2D eigenvalue weighted by Crippen LogP contribution is -2.41. The molecule has 0 bridgehead atoms. The average molecular weight is 272 g/mol. The van der Waals surface area contributed by atoms with Gasteiger partial charge in [-0.1, -0.05) is 38.1 Å². The molecular weight excluding hydrogens is 244 g/mol. The van der Waals surface area contributed by atoms with Crippen molar-refractivity contribution in [2.45, 2.75) is 51.6 Å². The molecule has 2 aliphatic rings. The van der Waals surface area contributed by atoms with Gasteiger partial charge in [0.15, 0.2) is 0 Å². The predicted octanol–water partition coefficient (Wildman–Crippen LogP) is 3.37. The second-order valence-electron chi connectivity index (χ2n) is 6.97. The molecule has 0 saturated carbocycles. The highest BCUT2D eigenvalue weighted by Gasteiger charge is 2.34. The molecule has 20 heavy (non-hydrogen) atoms. The van der Waals surface area contributed by atoms with Gasteiger partial charge < -0.3 is 5.73 Å². The van der Waals surface area contributed by atoms with Crippen LogP contribution in [-0.4, -0.2) is 24.0 Å². The first-order valence-electron chi connectivity index (χ1n) is 8.24. The van der Waals surface area contributed by atoms with E-state index in [2.05, 4.69) is 43.0 Å². The summed E-state index contributed by atoms with van der Waals surface area (Å²) in [6.45, 7) is 7.21. The highest BCUT2D eigenvalue weighted by Crippen LogP contribution is 2.35. The highest BCUT2D eigenvalue weighted by atomic mass is 15.2. The van der Waals surface area contributed by atoms with Crippen LogP contribution in [0.2, 0.25) is 0 Å². The van der Waals surface area contributed by atoms with E-state index in [-0.39, 0.29) is 6.04 Å². The third-order valence-electron chi connectivity index (χ3n) is 5.48. The molecule has 0 radical (unpaired) electrons. The molecule has 0 spiro atoms. The fraction of sp³-hybridized carbons (Fsp3) is 0.667. The molecule has 2 heteroatoms. The molecule has 0 aromatic heterocycles. The molecule has 3 rings (SSSR count). The molecule has 110 valence electrons. The normalized spacial score (nSPS) is 31.3. The van der Waals surface area contributed by atoms with Crippen LogP contribution in [0.4, 0.5) is 0 Å². The maximum Gasteiger partial charge on any atom is 0.0459 e. The molecule has 2 nitrogen and oxygen atoms in total. The zero-order valence-electron chi connectivity index (χ0n) is 12.9. The molecule has 1 aliphatic heterocycles. The first-order valence-corrected chi connectivity index (χ1v) is 8.24. The van der Waals surface area contributed by atoms with Crippen molar-refractivity contribution in [3.05, 3.63) is 35.4 Å². The summed E-state index contributed by atoms with van der Waals surface area (Å²) in [6, 6.07) is 9.47. The Morgan fingerprint density at radius 3 is 2.70 bits per heavy atom. The number of nitrogens with two attached hydrogens (primary N) is 1. The highest BCUT2D eigenvalue weighted by molar-refractivity contribution is 5.36. The molecule has 3 atom stereocenters. The van der Waals surface area contributed by atoms with E-state index in [1.807, 2.05) is 0 Å². The summed E-state index contributed by atoms with van der Waals surface area (Å²) < 4.78 is 0. The Hall–Kier alpha value is -0.860. The van der Waals surface area contributed by atoms with Crippen molar-refractivity contribution in [3.8, 4) is 0 Å². The summed E-state index contributed by atoms with van der Waals surface area (Å²) in [5.74, 6) is 1.73. The first-order chi connectivity index (χ1) is 9.66. The number of hydrogen-bond acceptors (Lipinski definition) is 2. The second kappa shape index (κ2) is 5.87. The fourth-order valence-electron chi connectivity index (χ4n) is 4.10. The average Bonchev–Trinajstić information content (AvgIpc) is 2.65. The van der Waals surface area contributed by atoms with Crippen LogP contribution in [0, 0.1) is 11.8 Å². The van der Waals surface area contributed by atoms with Gasteiger partial charge in [0.2, 0.25) is 0 Å². The maximum absolute atomic E-state index is 6.53. The fourth-order valence-corrected chi connectivity index (χ4v) is 4.10. The van der Waals surface area contributed by atoms with Crippen molar-refractivity contribution in [2.24, 2.45) is 17.6 Å². The Balaban J connectivity index is 1.69. The molecule has 1 aromatic rings. The van der Waals surface area contributed by atoms with Gasteiger partial charge in [-0.25, -0.2) is 0 Å². The topological polar surface area (TPSA) is 29.3 Å². The maximum atomic E-state index is 6.53. The number of rotatable bonds is 2. The van der Waals surface area contributed by atoms with Crippen molar-refractivity contribution in [2.75, 3.05) is 13.1 Å². The van der Waals surface area contributed by atoms with Crippen LogP contribution in [0.5, 0.6) is 0 Å². The van der Waals surface area contributed by atoms with Crippen LogP contribution in [-0.2, 0) is 6.42 Å². The summed E-state index contributed by atoms with van der Waals surface area (Å²) in [4.78, 5) is 2.67. The molecule has 1 saturated heterocycles. The van der Waals surface area contributed by atoms with E-state index in [4.69, 9.17) is 5.73 Å². The van der Waals surface area contributed by atoms with Crippen LogP contribution < -0.4 is 5.73 Å². The van der Waals surface area contributed by atoms with Gasteiger partial charge in [-0.05, 0) is 61.7 Å². The number of nitrogens with zero attached hydrogens (tertiary/aromatic N) is 1. The summed E-state index contributed by atoms with van der Waals surface area (Å²) in [5, 5.41) is 0. The number of hydrogen-bond donors (Lipinski definition) is 1. The Bertz CT molecular complexity index is 454. The van der Waals surface area contributed by atoms with E-state index in [0.717, 1.165) is 18.3 Å². The largest absolute Gasteiger partial charge is 0.323 e. The van der Waals surface area contributed by atoms with E-state index < -0.39 is 0 Å². The van der Waals surface area contributed by atoms with E-state index in [1.165, 1.54) is 43.5 Å². The first kappa shape index (κ1) is 14.1. The minimum Gasteiger partial charge on any atom is -0.323 e. The molecule has 1 fully saturated rings. The van der Waals surface area contributed by atoms with E-state index in [1.54, 1.807) is 0 Å². The van der Waals surface area contributed by atoms with Gasteiger partial charge in [0.25, 0.3) is 0 Å². The Morgan fingerprint density at radius 1 is 1.15 bits per heavy atom. The van der Waals surface area contributed by atoms with Gasteiger partial charge in [-0.2, -0.15) is 0 Å². The zero-order chi connectivity index (χ0) is 14.1. The Labute approximate surface area is 123 Å². The van der Waals surface area contributed by atoms with Gasteiger partial charge in [0, 0.05) is 12.1 Å². The number of benzene rings is 1. The minimum absolute atomic E-state index is 0.210. The molecule has 1 heterocycles. The summed E-state index contributed by atoms with van der Waals surface area (Å²) in [6.07, 6.45) is 5.21. The van der Waals surface area contributed by atoms with Crippen molar-refractivity contribution in [1.29, 1.82) is 0 Å². The van der Waals surface area contributed by atoms with E-state index in [9.17, 15) is 0 Å². The van der Waals surface area contributed by atoms with Crippen molar-refractivity contribution in [1.82, 2.24) is 4.90 Å². The van der Waals surface area contributed by atoms with Gasteiger partial charge in [-0.15, -0.1) is 0 Å². The van der Waals surface area contributed by atoms with E-state index in [0.29, 0.717) is 6.04 Å². The number of likely N-dealkylation sites (tertiary alicyclic amines) is 1. The van der Waals surface area contributed by atoms with Gasteiger partial charge in [0.05, 0.1) is 0 Å². The van der Waals surface area contributed by atoms with Gasteiger partial charge in [0.1, 0.15) is 0 Å². The molecule has 3 unspecified atom stereocenters. The lowest BCUT2D eigenvalue weighted by molar-refractivity contribution is 0.182. The van der Waals surface area contributed by atoms with E-state index >= 15 is 0 Å². The monoisotopic (exact) mass is 272 g/mol. The third kappa shape index (κ3) is 2.64. The number of fused-ring (bicyclic) bond motifs is 1. The van der Waals surface area contributed by atoms with Gasteiger partial charge >= 0.3 is 0 Å². The molecule has 0 amide bonds. The molecular formula is C18H28N2. The zero-order valence-corrected chi connectivity index (χ0v) is 12.9. The quantitative estimate of drug-likeness (QED) is 0.894. The van der Waals surface area contributed by atoms with Crippen LogP contribution in [0.3, 0.4) is 0 Å². The van der Waals surface area contributed by atoms with Crippen LogP contribution in [0.25, 0.3) is 0 Å². The Kier molecular flexibility index (Phi) is 4.13.